The van der Waals surface area contributed by atoms with Gasteiger partial charge in [0.25, 0.3) is 0 Å². The molecule has 0 saturated heterocycles. The minimum atomic E-state index is -0.107. The molecule has 2 aromatic rings. The lowest BCUT2D eigenvalue weighted by molar-refractivity contribution is 0.335. The average molecular weight is 352 g/mol. The number of rotatable bonds is 4. The zero-order valence-electron chi connectivity index (χ0n) is 11.5. The van der Waals surface area contributed by atoms with Crippen LogP contribution in [0.15, 0.2) is 28.7 Å². The molecule has 1 heterocycles. The predicted octanol–water partition coefficient (Wildman–Crippen LogP) is 4.45. The van der Waals surface area contributed by atoms with Crippen LogP contribution in [0.4, 0.5) is 0 Å². The van der Waals surface area contributed by atoms with Crippen LogP contribution in [-0.4, -0.2) is 6.61 Å². The summed E-state index contributed by atoms with van der Waals surface area (Å²) >= 11 is 5.39. The lowest BCUT2D eigenvalue weighted by atomic mass is 10.0. The van der Waals surface area contributed by atoms with Gasteiger partial charge in [0.1, 0.15) is 5.75 Å². The maximum Gasteiger partial charge on any atom is 0.124 e. The normalized spacial score (nSPS) is 15.2. The second-order valence-electron chi connectivity index (χ2n) is 5.04. The molecule has 2 nitrogen and oxygen atoms in total. The molecule has 0 fully saturated rings. The van der Waals surface area contributed by atoms with Crippen molar-refractivity contribution in [3.05, 3.63) is 49.6 Å². The third kappa shape index (κ3) is 2.65. The number of thiophene rings is 1. The summed E-state index contributed by atoms with van der Waals surface area (Å²) in [5.74, 6) is 0.886. The molecule has 1 unspecified atom stereocenters. The second kappa shape index (κ2) is 5.88. The maximum atomic E-state index is 6.49. The molecule has 1 atom stereocenters. The Morgan fingerprint density at radius 1 is 1.35 bits per heavy atom. The largest absolute Gasteiger partial charge is 0.494 e. The summed E-state index contributed by atoms with van der Waals surface area (Å²) in [5.41, 5.74) is 9.04. The number of hydrogen-bond donors (Lipinski definition) is 1. The molecule has 0 saturated carbocycles. The minimum Gasteiger partial charge on any atom is -0.494 e. The molecule has 0 spiro atoms. The highest BCUT2D eigenvalue weighted by Crippen LogP contribution is 2.38. The fraction of sp³-hybridized carbons (Fsp3) is 0.375. The van der Waals surface area contributed by atoms with E-state index >= 15 is 0 Å². The van der Waals surface area contributed by atoms with Crippen molar-refractivity contribution >= 4 is 27.3 Å². The Morgan fingerprint density at radius 3 is 2.95 bits per heavy atom. The van der Waals surface area contributed by atoms with Gasteiger partial charge in [-0.05, 0) is 56.0 Å². The molecule has 1 aliphatic rings. The van der Waals surface area contributed by atoms with Crippen molar-refractivity contribution in [1.29, 1.82) is 0 Å². The van der Waals surface area contributed by atoms with E-state index in [2.05, 4.69) is 28.1 Å². The van der Waals surface area contributed by atoms with Crippen LogP contribution in [0.1, 0.15) is 40.3 Å². The van der Waals surface area contributed by atoms with Crippen LogP contribution < -0.4 is 10.5 Å². The van der Waals surface area contributed by atoms with E-state index in [1.54, 1.807) is 0 Å². The quantitative estimate of drug-likeness (QED) is 0.883. The Balaban J connectivity index is 1.96. The third-order valence-electron chi connectivity index (χ3n) is 3.68. The number of aryl methyl sites for hydroxylation is 2. The highest BCUT2D eigenvalue weighted by Gasteiger charge is 2.21. The Kier molecular flexibility index (Phi) is 4.15. The molecule has 0 aliphatic heterocycles. The molecule has 0 bridgehead atoms. The summed E-state index contributed by atoms with van der Waals surface area (Å²) in [6.45, 7) is 2.65. The van der Waals surface area contributed by atoms with Crippen LogP contribution in [0.5, 0.6) is 5.75 Å². The van der Waals surface area contributed by atoms with E-state index in [9.17, 15) is 0 Å². The Morgan fingerprint density at radius 2 is 2.20 bits per heavy atom. The highest BCUT2D eigenvalue weighted by molar-refractivity contribution is 9.10. The zero-order valence-corrected chi connectivity index (χ0v) is 13.9. The molecule has 106 valence electrons. The van der Waals surface area contributed by atoms with E-state index in [0.29, 0.717) is 6.61 Å². The predicted molar refractivity (Wildman–Crippen MR) is 87.7 cm³/mol. The molecule has 1 aromatic carbocycles. The number of nitrogens with two attached hydrogens (primary N) is 1. The van der Waals surface area contributed by atoms with Gasteiger partial charge in [0, 0.05) is 19.8 Å². The second-order valence-corrected chi connectivity index (χ2v) is 7.13. The van der Waals surface area contributed by atoms with Gasteiger partial charge in [-0.25, -0.2) is 0 Å². The molecular weight excluding hydrogens is 334 g/mol. The van der Waals surface area contributed by atoms with Crippen LogP contribution in [0.2, 0.25) is 0 Å². The smallest absolute Gasteiger partial charge is 0.124 e. The first-order chi connectivity index (χ1) is 9.69. The van der Waals surface area contributed by atoms with Gasteiger partial charge in [0.05, 0.1) is 12.6 Å². The molecule has 0 radical (unpaired) electrons. The molecule has 1 aromatic heterocycles. The van der Waals surface area contributed by atoms with E-state index < -0.39 is 0 Å². The first-order valence-electron chi connectivity index (χ1n) is 6.98. The Hall–Kier alpha value is -0.840. The monoisotopic (exact) mass is 351 g/mol. The van der Waals surface area contributed by atoms with Gasteiger partial charge < -0.3 is 10.5 Å². The summed E-state index contributed by atoms with van der Waals surface area (Å²) in [6.07, 6.45) is 3.71. The molecule has 2 N–H and O–H groups in total. The van der Waals surface area contributed by atoms with E-state index in [1.807, 2.05) is 30.4 Å². The van der Waals surface area contributed by atoms with Crippen LogP contribution in [0.25, 0.3) is 0 Å². The zero-order chi connectivity index (χ0) is 14.1. The highest BCUT2D eigenvalue weighted by atomic mass is 79.9. The van der Waals surface area contributed by atoms with Crippen molar-refractivity contribution in [1.82, 2.24) is 0 Å². The average Bonchev–Trinajstić information content (AvgIpc) is 3.01. The third-order valence-corrected chi connectivity index (χ3v) is 5.49. The SMILES string of the molecule is CCOc1ccc(Br)cc1C(N)c1cc2c(s1)CCC2. The summed E-state index contributed by atoms with van der Waals surface area (Å²) < 4.78 is 6.75. The number of benzene rings is 1. The van der Waals surface area contributed by atoms with Gasteiger partial charge in [-0.3, -0.25) is 0 Å². The van der Waals surface area contributed by atoms with E-state index in [0.717, 1.165) is 15.8 Å². The lowest BCUT2D eigenvalue weighted by Gasteiger charge is -2.16. The number of fused-ring (bicyclic) bond motifs is 1. The van der Waals surface area contributed by atoms with Gasteiger partial charge in [0.2, 0.25) is 0 Å². The topological polar surface area (TPSA) is 35.2 Å². The standard InChI is InChI=1S/C16H18BrNOS/c1-2-19-13-7-6-11(17)9-12(13)16(18)15-8-10-4-3-5-14(10)20-15/h6-9,16H,2-5,18H2,1H3. The Labute approximate surface area is 132 Å². The fourth-order valence-corrected chi connectivity index (χ4v) is 4.36. The van der Waals surface area contributed by atoms with E-state index in [-0.39, 0.29) is 6.04 Å². The van der Waals surface area contributed by atoms with E-state index in [4.69, 9.17) is 10.5 Å². The summed E-state index contributed by atoms with van der Waals surface area (Å²) in [4.78, 5) is 2.76. The van der Waals surface area contributed by atoms with Gasteiger partial charge in [-0.15, -0.1) is 11.3 Å². The molecule has 3 rings (SSSR count). The van der Waals surface area contributed by atoms with Crippen LogP contribution in [0, 0.1) is 0 Å². The maximum absolute atomic E-state index is 6.49. The van der Waals surface area contributed by atoms with Crippen LogP contribution in [0.3, 0.4) is 0 Å². The number of hydrogen-bond acceptors (Lipinski definition) is 3. The van der Waals surface area contributed by atoms with Crippen molar-refractivity contribution in [2.45, 2.75) is 32.2 Å². The van der Waals surface area contributed by atoms with E-state index in [1.165, 1.54) is 34.6 Å². The van der Waals surface area contributed by atoms with Gasteiger partial charge in [-0.2, -0.15) is 0 Å². The van der Waals surface area contributed by atoms with Crippen molar-refractivity contribution in [3.63, 3.8) is 0 Å². The summed E-state index contributed by atoms with van der Waals surface area (Å²) in [5, 5.41) is 0. The fourth-order valence-electron chi connectivity index (χ4n) is 2.71. The van der Waals surface area contributed by atoms with Crippen LogP contribution in [-0.2, 0) is 12.8 Å². The van der Waals surface area contributed by atoms with Crippen LogP contribution >= 0.6 is 27.3 Å². The first-order valence-corrected chi connectivity index (χ1v) is 8.59. The molecular formula is C16H18BrNOS. The van der Waals surface area contributed by atoms with Gasteiger partial charge in [-0.1, -0.05) is 15.9 Å². The molecule has 0 amide bonds. The molecule has 20 heavy (non-hydrogen) atoms. The lowest BCUT2D eigenvalue weighted by Crippen LogP contribution is -2.12. The van der Waals surface area contributed by atoms with Gasteiger partial charge in [0.15, 0.2) is 0 Å². The van der Waals surface area contributed by atoms with Crippen molar-refractivity contribution < 1.29 is 4.74 Å². The van der Waals surface area contributed by atoms with Gasteiger partial charge >= 0.3 is 0 Å². The minimum absolute atomic E-state index is 0.107. The molecule has 1 aliphatic carbocycles. The summed E-state index contributed by atoms with van der Waals surface area (Å²) in [6, 6.07) is 8.23. The number of halogens is 1. The van der Waals surface area contributed by atoms with Crippen molar-refractivity contribution in [3.8, 4) is 5.75 Å². The number of ether oxygens (including phenoxy) is 1. The van der Waals surface area contributed by atoms with Crippen molar-refractivity contribution in [2.75, 3.05) is 6.61 Å². The molecule has 4 heteroatoms. The van der Waals surface area contributed by atoms with Crippen molar-refractivity contribution in [2.24, 2.45) is 5.73 Å². The Bertz CT molecular complexity index is 601. The first kappa shape index (κ1) is 14.1. The summed E-state index contributed by atoms with van der Waals surface area (Å²) in [7, 11) is 0.